The second-order valence-electron chi connectivity index (χ2n) is 8.91. The van der Waals surface area contributed by atoms with Gasteiger partial charge in [-0.05, 0) is 32.2 Å². The van der Waals surface area contributed by atoms with Crippen molar-refractivity contribution in [2.24, 2.45) is 5.41 Å². The number of likely N-dealkylation sites (tertiary alicyclic amines) is 1. The van der Waals surface area contributed by atoms with Crippen molar-refractivity contribution in [1.82, 2.24) is 15.1 Å². The average Bonchev–Trinajstić information content (AvgIpc) is 2.69. The maximum Gasteiger partial charge on any atom is 0.266 e. The molecule has 0 bridgehead atoms. The summed E-state index contributed by atoms with van der Waals surface area (Å²) in [5.41, 5.74) is 2.56. The number of hydrogen-bond donors (Lipinski definition) is 1. The second kappa shape index (κ2) is 7.37. The van der Waals surface area contributed by atoms with Crippen LogP contribution in [0.5, 0.6) is 0 Å². The van der Waals surface area contributed by atoms with Crippen molar-refractivity contribution >= 4 is 22.3 Å². The SMILES string of the molecule is C[C@@H](Nc1cnnc2ccc(N3CC4(CN(C)C4)C3)cc12)c1cccc(C(F)F)c1F. The summed E-state index contributed by atoms with van der Waals surface area (Å²) in [5, 5.41) is 12.4. The van der Waals surface area contributed by atoms with Gasteiger partial charge in [0, 0.05) is 48.2 Å². The van der Waals surface area contributed by atoms with Crippen LogP contribution < -0.4 is 10.2 Å². The predicted octanol–water partition coefficient (Wildman–Crippen LogP) is 4.63. The molecule has 162 valence electrons. The lowest BCUT2D eigenvalue weighted by Gasteiger charge is -2.60. The lowest BCUT2D eigenvalue weighted by atomic mass is 9.73. The van der Waals surface area contributed by atoms with Gasteiger partial charge in [0.15, 0.2) is 0 Å². The number of nitrogens with zero attached hydrogens (tertiary/aromatic N) is 4. The highest BCUT2D eigenvalue weighted by Crippen LogP contribution is 2.42. The Morgan fingerprint density at radius 1 is 1.06 bits per heavy atom. The Hall–Kier alpha value is -2.87. The van der Waals surface area contributed by atoms with Crippen LogP contribution in [0.25, 0.3) is 10.9 Å². The minimum Gasteiger partial charge on any atom is -0.377 e. The Labute approximate surface area is 178 Å². The molecule has 0 amide bonds. The highest BCUT2D eigenvalue weighted by Gasteiger charge is 2.50. The molecule has 2 aliphatic rings. The normalized spacial score (nSPS) is 18.8. The number of benzene rings is 2. The molecule has 0 radical (unpaired) electrons. The van der Waals surface area contributed by atoms with Gasteiger partial charge in [0.05, 0.1) is 29.0 Å². The molecule has 2 aromatic carbocycles. The van der Waals surface area contributed by atoms with Crippen molar-refractivity contribution in [3.63, 3.8) is 0 Å². The molecule has 2 aliphatic heterocycles. The molecule has 5 nitrogen and oxygen atoms in total. The van der Waals surface area contributed by atoms with E-state index in [0.29, 0.717) is 11.1 Å². The largest absolute Gasteiger partial charge is 0.377 e. The molecule has 2 fully saturated rings. The molecule has 1 N–H and O–H groups in total. The molecule has 0 aliphatic carbocycles. The van der Waals surface area contributed by atoms with Crippen molar-refractivity contribution in [3.8, 4) is 0 Å². The van der Waals surface area contributed by atoms with E-state index >= 15 is 0 Å². The van der Waals surface area contributed by atoms with Crippen molar-refractivity contribution in [3.05, 3.63) is 59.5 Å². The lowest BCUT2D eigenvalue weighted by molar-refractivity contribution is -0.00237. The van der Waals surface area contributed by atoms with E-state index in [9.17, 15) is 13.2 Å². The molecular formula is C23H24F3N5. The summed E-state index contributed by atoms with van der Waals surface area (Å²) in [5.74, 6) is -0.874. The van der Waals surface area contributed by atoms with Crippen molar-refractivity contribution < 1.29 is 13.2 Å². The van der Waals surface area contributed by atoms with Gasteiger partial charge in [-0.15, -0.1) is 0 Å². The average molecular weight is 427 g/mol. The molecule has 0 saturated carbocycles. The standard InChI is InChI=1S/C23H24F3N5/c1-14(16-4-3-5-17(21(16)24)22(25)26)28-20-9-27-29-19-7-6-15(8-18(19)20)31-12-23(13-31)10-30(2)11-23/h3-9,14,22H,10-13H2,1-2H3,(H,28,29)/t14-/m1/s1. The third-order valence-electron chi connectivity index (χ3n) is 6.38. The van der Waals surface area contributed by atoms with Crippen LogP contribution in [0.15, 0.2) is 42.6 Å². The molecule has 0 unspecified atom stereocenters. The summed E-state index contributed by atoms with van der Waals surface area (Å²) in [6.45, 7) is 6.08. The minimum atomic E-state index is -2.85. The Kier molecular flexibility index (Phi) is 4.77. The number of halogens is 3. The summed E-state index contributed by atoms with van der Waals surface area (Å²) >= 11 is 0. The van der Waals surface area contributed by atoms with Crippen LogP contribution in [0.3, 0.4) is 0 Å². The molecule has 8 heteroatoms. The third-order valence-corrected chi connectivity index (χ3v) is 6.38. The molecule has 5 rings (SSSR count). The molecule has 3 aromatic rings. The van der Waals surface area contributed by atoms with Crippen molar-refractivity contribution in [1.29, 1.82) is 0 Å². The Bertz CT molecular complexity index is 1120. The number of rotatable bonds is 5. The smallest absolute Gasteiger partial charge is 0.266 e. The molecular weight excluding hydrogens is 403 g/mol. The summed E-state index contributed by atoms with van der Waals surface area (Å²) in [6, 6.07) is 9.63. The summed E-state index contributed by atoms with van der Waals surface area (Å²) in [6.07, 6.45) is -1.26. The maximum atomic E-state index is 14.6. The fraction of sp³-hybridized carbons (Fsp3) is 0.391. The monoisotopic (exact) mass is 427 g/mol. The van der Waals surface area contributed by atoms with Crippen LogP contribution in [-0.4, -0.2) is 48.3 Å². The number of fused-ring (bicyclic) bond motifs is 1. The van der Waals surface area contributed by atoms with Crippen LogP contribution in [0, 0.1) is 11.2 Å². The van der Waals surface area contributed by atoms with Crippen LogP contribution in [0.1, 0.15) is 30.5 Å². The Morgan fingerprint density at radius 2 is 1.81 bits per heavy atom. The molecule has 3 heterocycles. The zero-order valence-electron chi connectivity index (χ0n) is 17.4. The van der Waals surface area contributed by atoms with Gasteiger partial charge < -0.3 is 15.1 Å². The first kappa shape index (κ1) is 20.1. The van der Waals surface area contributed by atoms with Crippen LogP contribution in [0.2, 0.25) is 0 Å². The van der Waals surface area contributed by atoms with Gasteiger partial charge in [-0.3, -0.25) is 0 Å². The van der Waals surface area contributed by atoms with Gasteiger partial charge in [0.2, 0.25) is 0 Å². The van der Waals surface area contributed by atoms with Crippen LogP contribution in [-0.2, 0) is 0 Å². The van der Waals surface area contributed by atoms with Gasteiger partial charge in [-0.1, -0.05) is 18.2 Å². The van der Waals surface area contributed by atoms with E-state index in [-0.39, 0.29) is 5.56 Å². The predicted molar refractivity (Wildman–Crippen MR) is 115 cm³/mol. The molecule has 1 atom stereocenters. The first-order chi connectivity index (χ1) is 14.8. The Balaban J connectivity index is 1.41. The van der Waals surface area contributed by atoms with E-state index in [0.717, 1.165) is 48.8 Å². The van der Waals surface area contributed by atoms with E-state index in [1.165, 1.54) is 12.1 Å². The van der Waals surface area contributed by atoms with Gasteiger partial charge in [-0.2, -0.15) is 10.2 Å². The quantitative estimate of drug-likeness (QED) is 0.643. The minimum absolute atomic E-state index is 0.192. The molecule has 2 saturated heterocycles. The highest BCUT2D eigenvalue weighted by molar-refractivity contribution is 5.93. The zero-order chi connectivity index (χ0) is 21.8. The second-order valence-corrected chi connectivity index (χ2v) is 8.91. The number of anilines is 2. The van der Waals surface area contributed by atoms with Gasteiger partial charge in [0.25, 0.3) is 6.43 Å². The van der Waals surface area contributed by atoms with Crippen LogP contribution >= 0.6 is 0 Å². The molecule has 1 aromatic heterocycles. The number of alkyl halides is 2. The van der Waals surface area contributed by atoms with E-state index < -0.39 is 23.8 Å². The van der Waals surface area contributed by atoms with Crippen LogP contribution in [0.4, 0.5) is 24.5 Å². The molecule has 31 heavy (non-hydrogen) atoms. The zero-order valence-corrected chi connectivity index (χ0v) is 17.4. The number of aromatic nitrogens is 2. The van der Waals surface area contributed by atoms with E-state index in [1.54, 1.807) is 13.1 Å². The fourth-order valence-corrected chi connectivity index (χ4v) is 4.98. The van der Waals surface area contributed by atoms with Gasteiger partial charge in [-0.25, -0.2) is 13.2 Å². The number of nitrogens with one attached hydrogen (secondary N) is 1. The van der Waals surface area contributed by atoms with Crippen molar-refractivity contribution in [2.75, 3.05) is 43.4 Å². The van der Waals surface area contributed by atoms with Gasteiger partial charge >= 0.3 is 0 Å². The first-order valence-corrected chi connectivity index (χ1v) is 10.4. The van der Waals surface area contributed by atoms with E-state index in [4.69, 9.17) is 0 Å². The third kappa shape index (κ3) is 3.48. The fourth-order valence-electron chi connectivity index (χ4n) is 4.98. The summed E-state index contributed by atoms with van der Waals surface area (Å²) < 4.78 is 40.8. The number of hydrogen-bond acceptors (Lipinski definition) is 5. The molecule has 1 spiro atoms. The summed E-state index contributed by atoms with van der Waals surface area (Å²) in [4.78, 5) is 4.69. The van der Waals surface area contributed by atoms with E-state index in [2.05, 4.69) is 38.4 Å². The van der Waals surface area contributed by atoms with Gasteiger partial charge in [0.1, 0.15) is 5.82 Å². The van der Waals surface area contributed by atoms with E-state index in [1.807, 2.05) is 12.1 Å². The topological polar surface area (TPSA) is 44.3 Å². The lowest BCUT2D eigenvalue weighted by Crippen LogP contribution is -2.71. The van der Waals surface area contributed by atoms with Crippen molar-refractivity contribution in [2.45, 2.75) is 19.4 Å². The Morgan fingerprint density at radius 3 is 2.52 bits per heavy atom. The summed E-state index contributed by atoms with van der Waals surface area (Å²) in [7, 11) is 2.14. The maximum absolute atomic E-state index is 14.6. The highest BCUT2D eigenvalue weighted by atomic mass is 19.3. The first-order valence-electron chi connectivity index (χ1n) is 10.4.